The number of nitrogens with zero attached hydrogens (tertiary/aromatic N) is 1. The number of esters is 2. The van der Waals surface area contributed by atoms with Crippen molar-refractivity contribution in [3.8, 4) is 0 Å². The number of hydrogen-bond donors (Lipinski definition) is 1. The van der Waals surface area contributed by atoms with Gasteiger partial charge in [0.05, 0.1) is 34.4 Å². The van der Waals surface area contributed by atoms with Crippen LogP contribution >= 0.6 is 0 Å². The molecule has 0 aliphatic heterocycles. The molecule has 8 heteroatoms. The number of carbonyl (C=O) groups is 3. The number of hydrogen-bond acceptors (Lipinski definition) is 6. The van der Waals surface area contributed by atoms with Crippen LogP contribution in [0.4, 0.5) is 0 Å². The number of likely N-dealkylation sites (N-methyl/N-ethyl adjacent to an activating group) is 1. The molecule has 0 saturated heterocycles. The van der Waals surface area contributed by atoms with Crippen molar-refractivity contribution in [3.63, 3.8) is 0 Å². The van der Waals surface area contributed by atoms with Crippen LogP contribution in [0.15, 0.2) is 0 Å². The van der Waals surface area contributed by atoms with Gasteiger partial charge in [-0.05, 0) is 12.8 Å². The highest BCUT2D eigenvalue weighted by atomic mass is 16.6. The first-order valence-electron chi connectivity index (χ1n) is 20.1. The van der Waals surface area contributed by atoms with E-state index in [0.29, 0.717) is 19.3 Å². The topological polar surface area (TPSA) is 99.1 Å². The van der Waals surface area contributed by atoms with E-state index in [1.165, 1.54) is 116 Å². The maximum absolute atomic E-state index is 12.5. The van der Waals surface area contributed by atoms with E-state index in [9.17, 15) is 19.5 Å². The summed E-state index contributed by atoms with van der Waals surface area (Å²) in [7, 11) is 5.52. The van der Waals surface area contributed by atoms with Crippen molar-refractivity contribution < 1.29 is 38.2 Å². The Hall–Kier alpha value is -1.67. The van der Waals surface area contributed by atoms with Gasteiger partial charge in [-0.1, -0.05) is 155 Å². The lowest BCUT2D eigenvalue weighted by molar-refractivity contribution is -0.887. The normalized spacial score (nSPS) is 12.9. The summed E-state index contributed by atoms with van der Waals surface area (Å²) in [5.41, 5.74) is 0. The lowest BCUT2D eigenvalue weighted by Crippen LogP contribution is -2.50. The Balaban J connectivity index is 4.21. The molecule has 0 amide bonds. The number of quaternary nitrogens is 1. The highest BCUT2D eigenvalue weighted by Gasteiger charge is 2.31. The summed E-state index contributed by atoms with van der Waals surface area (Å²) in [5.74, 6) is -1.46. The standard InChI is InChI=1S/C40H77NO7/c1-6-8-10-12-14-15-16-17-18-19-20-21-22-23-25-26-28-30-38(42)47-35-36(34-46-33-32-37(40(44)45)41(3,4)5)48-39(43)31-29-27-24-13-11-9-7-2/h36-37H,6-35H2,1-5H3/p+1. The van der Waals surface area contributed by atoms with E-state index >= 15 is 0 Å². The van der Waals surface area contributed by atoms with Crippen LogP contribution in [0.2, 0.25) is 0 Å². The van der Waals surface area contributed by atoms with Gasteiger partial charge in [0.1, 0.15) is 6.61 Å². The zero-order chi connectivity index (χ0) is 35.7. The Morgan fingerprint density at radius 1 is 0.542 bits per heavy atom. The number of ether oxygens (including phenoxy) is 3. The zero-order valence-corrected chi connectivity index (χ0v) is 32.2. The molecule has 0 aromatic heterocycles. The molecule has 0 aromatic rings. The molecule has 0 aliphatic carbocycles. The second-order valence-electron chi connectivity index (χ2n) is 14.9. The fourth-order valence-electron chi connectivity index (χ4n) is 6.09. The number of carboxylic acids is 1. The molecule has 0 saturated carbocycles. The first-order valence-corrected chi connectivity index (χ1v) is 20.1. The van der Waals surface area contributed by atoms with Crippen molar-refractivity contribution in [2.75, 3.05) is 41.0 Å². The SMILES string of the molecule is CCCCCCCCCCCCCCCCCCCC(=O)OCC(COCCC(C(=O)O)[N+](C)(C)C)OC(=O)CCCCCCCCC. The summed E-state index contributed by atoms with van der Waals surface area (Å²) in [6.07, 6.45) is 30.1. The van der Waals surface area contributed by atoms with Crippen molar-refractivity contribution in [3.05, 3.63) is 0 Å². The van der Waals surface area contributed by atoms with Gasteiger partial charge in [-0.15, -0.1) is 0 Å². The molecular formula is C40H78NO7+. The Morgan fingerprint density at radius 2 is 0.917 bits per heavy atom. The Morgan fingerprint density at radius 3 is 1.29 bits per heavy atom. The molecule has 48 heavy (non-hydrogen) atoms. The monoisotopic (exact) mass is 685 g/mol. The van der Waals surface area contributed by atoms with E-state index in [-0.39, 0.29) is 36.2 Å². The first kappa shape index (κ1) is 46.3. The van der Waals surface area contributed by atoms with Crippen molar-refractivity contribution in [2.45, 2.75) is 199 Å². The average Bonchev–Trinajstić information content (AvgIpc) is 3.03. The van der Waals surface area contributed by atoms with Gasteiger partial charge < -0.3 is 23.8 Å². The highest BCUT2D eigenvalue weighted by molar-refractivity contribution is 5.72. The second kappa shape index (κ2) is 32.5. The third-order valence-electron chi connectivity index (χ3n) is 9.26. The third kappa shape index (κ3) is 30.4. The van der Waals surface area contributed by atoms with Gasteiger partial charge in [-0.25, -0.2) is 4.79 Å². The van der Waals surface area contributed by atoms with E-state index in [2.05, 4.69) is 13.8 Å². The molecule has 0 aliphatic rings. The zero-order valence-electron chi connectivity index (χ0n) is 32.2. The summed E-state index contributed by atoms with van der Waals surface area (Å²) in [6, 6.07) is -0.606. The molecule has 8 nitrogen and oxygen atoms in total. The fourth-order valence-corrected chi connectivity index (χ4v) is 6.09. The Kier molecular flexibility index (Phi) is 31.4. The largest absolute Gasteiger partial charge is 0.477 e. The van der Waals surface area contributed by atoms with Crippen LogP contribution in [-0.4, -0.2) is 80.6 Å². The van der Waals surface area contributed by atoms with Crippen LogP contribution < -0.4 is 0 Å². The molecule has 0 fully saturated rings. The molecule has 0 radical (unpaired) electrons. The third-order valence-corrected chi connectivity index (χ3v) is 9.26. The van der Waals surface area contributed by atoms with Crippen molar-refractivity contribution in [1.82, 2.24) is 0 Å². The second-order valence-corrected chi connectivity index (χ2v) is 14.9. The van der Waals surface area contributed by atoms with Crippen molar-refractivity contribution in [2.24, 2.45) is 0 Å². The molecule has 1 N–H and O–H groups in total. The van der Waals surface area contributed by atoms with Crippen molar-refractivity contribution >= 4 is 17.9 Å². The van der Waals surface area contributed by atoms with E-state index in [0.717, 1.165) is 38.5 Å². The van der Waals surface area contributed by atoms with Crippen LogP contribution in [-0.2, 0) is 28.6 Å². The molecule has 0 aromatic carbocycles. The summed E-state index contributed by atoms with van der Waals surface area (Å²) >= 11 is 0. The van der Waals surface area contributed by atoms with Gasteiger partial charge in [-0.3, -0.25) is 9.59 Å². The summed E-state index contributed by atoms with van der Waals surface area (Å²) in [6.45, 7) is 4.71. The number of carboxylic acid groups (broad SMARTS) is 1. The maximum Gasteiger partial charge on any atom is 0.362 e. The minimum absolute atomic E-state index is 0.0434. The maximum atomic E-state index is 12.5. The fraction of sp³-hybridized carbons (Fsp3) is 0.925. The molecule has 2 unspecified atom stereocenters. The molecule has 0 rings (SSSR count). The molecule has 2 atom stereocenters. The highest BCUT2D eigenvalue weighted by Crippen LogP contribution is 2.15. The molecule has 0 spiro atoms. The number of carbonyl (C=O) groups excluding carboxylic acids is 2. The lowest BCUT2D eigenvalue weighted by atomic mass is 10.0. The Bertz CT molecular complexity index is 767. The molecule has 0 bridgehead atoms. The van der Waals surface area contributed by atoms with Crippen LogP contribution in [0.5, 0.6) is 0 Å². The van der Waals surface area contributed by atoms with Gasteiger partial charge in [0.15, 0.2) is 12.1 Å². The van der Waals surface area contributed by atoms with Crippen molar-refractivity contribution in [1.29, 1.82) is 0 Å². The van der Waals surface area contributed by atoms with Crippen LogP contribution in [0.3, 0.4) is 0 Å². The molecular weight excluding hydrogens is 606 g/mol. The minimum Gasteiger partial charge on any atom is -0.477 e. The number of unbranched alkanes of at least 4 members (excludes halogenated alkanes) is 22. The van der Waals surface area contributed by atoms with E-state index in [1.807, 2.05) is 21.1 Å². The molecule has 0 heterocycles. The first-order chi connectivity index (χ1) is 23.1. The van der Waals surface area contributed by atoms with Gasteiger partial charge in [0.2, 0.25) is 0 Å². The predicted molar refractivity (Wildman–Crippen MR) is 197 cm³/mol. The molecule has 284 valence electrons. The Labute approximate surface area is 296 Å². The van der Waals surface area contributed by atoms with E-state index in [4.69, 9.17) is 14.2 Å². The predicted octanol–water partition coefficient (Wildman–Crippen LogP) is 10.2. The summed E-state index contributed by atoms with van der Waals surface area (Å²) < 4.78 is 17.2. The van der Waals surface area contributed by atoms with E-state index < -0.39 is 18.1 Å². The number of aliphatic carboxylic acids is 1. The summed E-state index contributed by atoms with van der Waals surface area (Å²) in [5, 5.41) is 9.56. The van der Waals surface area contributed by atoms with Gasteiger partial charge in [0.25, 0.3) is 0 Å². The van der Waals surface area contributed by atoms with Crippen LogP contribution in [0.1, 0.15) is 187 Å². The van der Waals surface area contributed by atoms with E-state index in [1.54, 1.807) is 0 Å². The summed E-state index contributed by atoms with van der Waals surface area (Å²) in [4.78, 5) is 36.6. The van der Waals surface area contributed by atoms with Gasteiger partial charge in [0, 0.05) is 19.3 Å². The lowest BCUT2D eigenvalue weighted by Gasteiger charge is -2.31. The van der Waals surface area contributed by atoms with Crippen LogP contribution in [0.25, 0.3) is 0 Å². The average molecular weight is 685 g/mol. The quantitative estimate of drug-likeness (QED) is 0.0398. The smallest absolute Gasteiger partial charge is 0.362 e. The minimum atomic E-state index is -0.873. The van der Waals surface area contributed by atoms with Gasteiger partial charge >= 0.3 is 17.9 Å². The van der Waals surface area contributed by atoms with Gasteiger partial charge in [-0.2, -0.15) is 0 Å². The van der Waals surface area contributed by atoms with Crippen LogP contribution in [0, 0.1) is 0 Å². The number of rotatable bonds is 36.